The summed E-state index contributed by atoms with van der Waals surface area (Å²) in [6.07, 6.45) is 0. The first-order chi connectivity index (χ1) is 4.42. The zero-order chi connectivity index (χ0) is 8.36. The van der Waals surface area contributed by atoms with Crippen molar-refractivity contribution in [2.75, 3.05) is 5.33 Å². The minimum atomic E-state index is -1.30. The van der Waals surface area contributed by atoms with Crippen molar-refractivity contribution in [1.29, 1.82) is 0 Å². The second kappa shape index (κ2) is 4.84. The van der Waals surface area contributed by atoms with Crippen LogP contribution < -0.4 is 0 Å². The molecule has 0 aromatic carbocycles. The van der Waals surface area contributed by atoms with Gasteiger partial charge in [0.25, 0.3) is 0 Å². The van der Waals surface area contributed by atoms with Gasteiger partial charge < -0.3 is 0 Å². The molecule has 0 aliphatic rings. The van der Waals surface area contributed by atoms with Gasteiger partial charge in [-0.3, -0.25) is 0 Å². The van der Waals surface area contributed by atoms with Gasteiger partial charge in [-0.2, -0.15) is 0 Å². The Bertz CT molecular complexity index is 104. The van der Waals surface area contributed by atoms with Crippen molar-refractivity contribution < 1.29 is 0 Å². The van der Waals surface area contributed by atoms with E-state index < -0.39 is 14.5 Å². The average Bonchev–Trinajstić information content (AvgIpc) is 1.86. The normalized spacial score (nSPS) is 15.9. The van der Waals surface area contributed by atoms with Crippen LogP contribution in [0.4, 0.5) is 0 Å². The van der Waals surface area contributed by atoms with Gasteiger partial charge in [0.1, 0.15) is 4.84 Å². The minimum Gasteiger partial charge on any atom is -0.119 e. The molecule has 0 rings (SSSR count). The molecule has 0 aromatic heterocycles. The van der Waals surface area contributed by atoms with E-state index in [0.29, 0.717) is 5.33 Å². The molecule has 0 radical (unpaired) electrons. The molecule has 0 nitrogen and oxygen atoms in total. The summed E-state index contributed by atoms with van der Waals surface area (Å²) in [5.74, 6) is 0. The lowest BCUT2D eigenvalue weighted by molar-refractivity contribution is 0.817. The molecule has 0 fully saturated rings. The van der Waals surface area contributed by atoms with Crippen molar-refractivity contribution in [2.24, 2.45) is 0 Å². The Morgan fingerprint density at radius 2 is 1.60 bits per heavy atom. The smallest absolute Gasteiger partial charge is 0.119 e. The SMILES string of the molecule is ClC(Cl)C(Cl)(Cl)C(Cl)CBr. The van der Waals surface area contributed by atoms with E-state index in [1.807, 2.05) is 0 Å². The number of rotatable bonds is 3. The summed E-state index contributed by atoms with van der Waals surface area (Å²) >= 11 is 31.0. The van der Waals surface area contributed by atoms with Crippen LogP contribution in [-0.4, -0.2) is 19.9 Å². The Hall–Kier alpha value is 1.93. The predicted molar refractivity (Wildman–Crippen MR) is 53.4 cm³/mol. The third kappa shape index (κ3) is 3.12. The van der Waals surface area contributed by atoms with E-state index in [4.69, 9.17) is 58.0 Å². The van der Waals surface area contributed by atoms with Crippen LogP contribution >= 0.6 is 73.9 Å². The maximum absolute atomic E-state index is 5.67. The highest BCUT2D eigenvalue weighted by Crippen LogP contribution is 2.38. The van der Waals surface area contributed by atoms with Crippen LogP contribution in [0.5, 0.6) is 0 Å². The van der Waals surface area contributed by atoms with Crippen LogP contribution in [0.15, 0.2) is 0 Å². The van der Waals surface area contributed by atoms with Crippen LogP contribution in [0.25, 0.3) is 0 Å². The van der Waals surface area contributed by atoms with Crippen molar-refractivity contribution in [2.45, 2.75) is 14.5 Å². The fourth-order valence-corrected chi connectivity index (χ4v) is 1.84. The van der Waals surface area contributed by atoms with Crippen molar-refractivity contribution in [3.8, 4) is 0 Å². The molecule has 0 saturated heterocycles. The number of hydrogen-bond acceptors (Lipinski definition) is 0. The first-order valence-electron chi connectivity index (χ1n) is 2.29. The lowest BCUT2D eigenvalue weighted by Crippen LogP contribution is -2.34. The molecule has 0 heterocycles. The Morgan fingerprint density at radius 3 is 1.70 bits per heavy atom. The average molecular weight is 309 g/mol. The van der Waals surface area contributed by atoms with Gasteiger partial charge in [0.2, 0.25) is 0 Å². The van der Waals surface area contributed by atoms with Crippen LogP contribution in [0.1, 0.15) is 0 Å². The summed E-state index contributed by atoms with van der Waals surface area (Å²) in [5, 5.41) is -0.0619. The second-order valence-corrected chi connectivity index (χ2v) is 5.31. The third-order valence-electron chi connectivity index (χ3n) is 0.844. The molecule has 62 valence electrons. The summed E-state index contributed by atoms with van der Waals surface area (Å²) in [6.45, 7) is 0. The van der Waals surface area contributed by atoms with Gasteiger partial charge in [-0.1, -0.05) is 39.1 Å². The summed E-state index contributed by atoms with van der Waals surface area (Å²) in [5.41, 5.74) is 0. The highest BCUT2D eigenvalue weighted by molar-refractivity contribution is 9.09. The molecule has 0 aromatic rings. The molecule has 0 aliphatic heterocycles. The molecule has 10 heavy (non-hydrogen) atoms. The lowest BCUT2D eigenvalue weighted by atomic mass is 10.3. The van der Waals surface area contributed by atoms with Crippen molar-refractivity contribution in [3.05, 3.63) is 0 Å². The van der Waals surface area contributed by atoms with E-state index in [9.17, 15) is 0 Å². The van der Waals surface area contributed by atoms with Crippen molar-refractivity contribution in [1.82, 2.24) is 0 Å². The fourth-order valence-electron chi connectivity index (χ4n) is 0.240. The Balaban J connectivity index is 4.09. The quantitative estimate of drug-likeness (QED) is 0.692. The topological polar surface area (TPSA) is 0 Å². The van der Waals surface area contributed by atoms with Crippen LogP contribution in [0.3, 0.4) is 0 Å². The maximum Gasteiger partial charge on any atom is 0.165 e. The zero-order valence-corrected chi connectivity index (χ0v) is 10.00. The highest BCUT2D eigenvalue weighted by atomic mass is 79.9. The van der Waals surface area contributed by atoms with Crippen LogP contribution in [-0.2, 0) is 0 Å². The van der Waals surface area contributed by atoms with E-state index >= 15 is 0 Å². The largest absolute Gasteiger partial charge is 0.165 e. The molecule has 0 aliphatic carbocycles. The van der Waals surface area contributed by atoms with Gasteiger partial charge in [-0.05, 0) is 0 Å². The molecular formula is C4H4BrCl5. The fraction of sp³-hybridized carbons (Fsp3) is 1.00. The van der Waals surface area contributed by atoms with Crippen LogP contribution in [0, 0.1) is 0 Å². The van der Waals surface area contributed by atoms with Gasteiger partial charge in [0.15, 0.2) is 4.33 Å². The molecule has 1 unspecified atom stereocenters. The van der Waals surface area contributed by atoms with Crippen LogP contribution in [0.2, 0.25) is 0 Å². The van der Waals surface area contributed by atoms with Gasteiger partial charge in [-0.15, -0.1) is 34.8 Å². The number of hydrogen-bond donors (Lipinski definition) is 0. The molecule has 0 N–H and O–H groups in total. The second-order valence-electron chi connectivity index (χ2n) is 1.60. The van der Waals surface area contributed by atoms with Crippen molar-refractivity contribution in [3.63, 3.8) is 0 Å². The molecule has 1 atom stereocenters. The van der Waals surface area contributed by atoms with E-state index in [-0.39, 0.29) is 0 Å². The monoisotopic (exact) mass is 306 g/mol. The molecule has 0 bridgehead atoms. The third-order valence-corrected chi connectivity index (χ3v) is 4.68. The summed E-state index contributed by atoms with van der Waals surface area (Å²) < 4.78 is -1.30. The first-order valence-corrected chi connectivity index (χ1v) is 5.47. The summed E-state index contributed by atoms with van der Waals surface area (Å²) in [7, 11) is 0. The molecule has 0 amide bonds. The summed E-state index contributed by atoms with van der Waals surface area (Å²) in [6, 6.07) is 0. The van der Waals surface area contributed by atoms with Gasteiger partial charge in [0, 0.05) is 5.33 Å². The Kier molecular flexibility index (Phi) is 5.77. The molecule has 0 saturated carbocycles. The molecule has 6 heteroatoms. The number of halogens is 6. The standard InChI is InChI=1S/C4H4BrCl5/c5-1-2(6)4(9,10)3(7)8/h2-3H,1H2. The summed E-state index contributed by atoms with van der Waals surface area (Å²) in [4.78, 5) is -0.893. The van der Waals surface area contributed by atoms with Gasteiger partial charge in [-0.25, -0.2) is 0 Å². The predicted octanol–water partition coefficient (Wildman–Crippen LogP) is 3.97. The maximum atomic E-state index is 5.67. The van der Waals surface area contributed by atoms with Crippen molar-refractivity contribution >= 4 is 73.9 Å². The lowest BCUT2D eigenvalue weighted by Gasteiger charge is -2.24. The van der Waals surface area contributed by atoms with E-state index in [2.05, 4.69) is 15.9 Å². The Labute approximate surface area is 93.2 Å². The van der Waals surface area contributed by atoms with E-state index in [0.717, 1.165) is 0 Å². The zero-order valence-electron chi connectivity index (χ0n) is 4.63. The highest BCUT2D eigenvalue weighted by Gasteiger charge is 2.39. The van der Waals surface area contributed by atoms with Gasteiger partial charge in [0.05, 0.1) is 5.38 Å². The Morgan fingerprint density at radius 1 is 1.20 bits per heavy atom. The van der Waals surface area contributed by atoms with E-state index in [1.165, 1.54) is 0 Å². The van der Waals surface area contributed by atoms with E-state index in [1.54, 1.807) is 0 Å². The molecule has 0 spiro atoms. The first kappa shape index (κ1) is 11.9. The minimum absolute atomic E-state index is 0.442. The van der Waals surface area contributed by atoms with Gasteiger partial charge >= 0.3 is 0 Å². The molecular weight excluding hydrogens is 305 g/mol. The number of alkyl halides is 6.